The molecule has 1 rings (SSSR count). The van der Waals surface area contributed by atoms with Crippen molar-refractivity contribution in [2.24, 2.45) is 0 Å². The normalized spacial score (nSPS) is 11.5. The van der Waals surface area contributed by atoms with Gasteiger partial charge in [0.25, 0.3) is 0 Å². The first kappa shape index (κ1) is 11.0. The molecule has 0 radical (unpaired) electrons. The molecule has 78 valence electrons. The van der Waals surface area contributed by atoms with Gasteiger partial charge in [0.1, 0.15) is 0 Å². The maximum Gasteiger partial charge on any atom is 0.471 e. The van der Waals surface area contributed by atoms with Crippen molar-refractivity contribution in [2.75, 3.05) is 11.9 Å². The van der Waals surface area contributed by atoms with E-state index in [1.54, 1.807) is 12.3 Å². The highest BCUT2D eigenvalue weighted by molar-refractivity contribution is 7.14. The number of aryl methyl sites for hydroxylation is 1. The Kier molecular flexibility index (Phi) is 2.79. The van der Waals surface area contributed by atoms with Crippen molar-refractivity contribution >= 4 is 22.4 Å². The van der Waals surface area contributed by atoms with E-state index in [0.29, 0.717) is 10.6 Å². The minimum atomic E-state index is -4.85. The highest BCUT2D eigenvalue weighted by Crippen LogP contribution is 2.24. The largest absolute Gasteiger partial charge is 0.471 e. The van der Waals surface area contributed by atoms with E-state index < -0.39 is 12.1 Å². The van der Waals surface area contributed by atoms with Crippen LogP contribution in [-0.4, -0.2) is 24.1 Å². The molecular formula is C7H7F3N2OS. The highest BCUT2D eigenvalue weighted by Gasteiger charge is 2.42. The van der Waals surface area contributed by atoms with E-state index in [2.05, 4.69) is 4.98 Å². The SMILES string of the molecule is Cc1csc(N(C)C(=O)C(F)(F)F)n1. The second kappa shape index (κ2) is 3.56. The third kappa shape index (κ3) is 2.22. The number of aromatic nitrogens is 1. The second-order valence-corrected chi connectivity index (χ2v) is 3.47. The van der Waals surface area contributed by atoms with Gasteiger partial charge in [0, 0.05) is 12.4 Å². The van der Waals surface area contributed by atoms with Crippen LogP contribution < -0.4 is 4.90 Å². The van der Waals surface area contributed by atoms with Gasteiger partial charge in [-0.25, -0.2) is 4.98 Å². The van der Waals surface area contributed by atoms with Crippen LogP contribution in [-0.2, 0) is 4.79 Å². The molecule has 3 nitrogen and oxygen atoms in total. The molecule has 14 heavy (non-hydrogen) atoms. The fourth-order valence-corrected chi connectivity index (χ4v) is 1.54. The van der Waals surface area contributed by atoms with E-state index in [-0.39, 0.29) is 5.13 Å². The van der Waals surface area contributed by atoms with Gasteiger partial charge in [0.05, 0.1) is 5.69 Å². The first-order valence-electron chi connectivity index (χ1n) is 3.59. The number of alkyl halides is 3. The number of rotatable bonds is 1. The Balaban J connectivity index is 2.86. The first-order chi connectivity index (χ1) is 6.32. The molecule has 7 heteroatoms. The van der Waals surface area contributed by atoms with Crippen LogP contribution in [0, 0.1) is 6.92 Å². The summed E-state index contributed by atoms with van der Waals surface area (Å²) in [6.07, 6.45) is -4.85. The smallest absolute Gasteiger partial charge is 0.283 e. The highest BCUT2D eigenvalue weighted by atomic mass is 32.1. The molecule has 1 aromatic heterocycles. The number of anilines is 1. The van der Waals surface area contributed by atoms with Crippen molar-refractivity contribution in [2.45, 2.75) is 13.1 Å². The topological polar surface area (TPSA) is 33.2 Å². The molecule has 1 heterocycles. The van der Waals surface area contributed by atoms with Gasteiger partial charge < -0.3 is 0 Å². The van der Waals surface area contributed by atoms with Crippen LogP contribution in [0.1, 0.15) is 5.69 Å². The number of hydrogen-bond acceptors (Lipinski definition) is 3. The lowest BCUT2D eigenvalue weighted by molar-refractivity contribution is -0.170. The summed E-state index contributed by atoms with van der Waals surface area (Å²) in [4.78, 5) is 15.0. The molecule has 0 aliphatic carbocycles. The second-order valence-electron chi connectivity index (χ2n) is 2.63. The van der Waals surface area contributed by atoms with E-state index in [4.69, 9.17) is 0 Å². The summed E-state index contributed by atoms with van der Waals surface area (Å²) in [6, 6.07) is 0. The molecule has 1 aromatic rings. The molecule has 0 fully saturated rings. The third-order valence-corrected chi connectivity index (χ3v) is 2.48. The van der Waals surface area contributed by atoms with Gasteiger partial charge in [-0.15, -0.1) is 11.3 Å². The van der Waals surface area contributed by atoms with Crippen LogP contribution in [0.3, 0.4) is 0 Å². The first-order valence-corrected chi connectivity index (χ1v) is 4.47. The summed E-state index contributed by atoms with van der Waals surface area (Å²) in [6.45, 7) is 1.64. The number of hydrogen-bond donors (Lipinski definition) is 0. The van der Waals surface area contributed by atoms with Crippen LogP contribution in [0.4, 0.5) is 18.3 Å². The third-order valence-electron chi connectivity index (χ3n) is 1.44. The van der Waals surface area contributed by atoms with Crippen molar-refractivity contribution in [1.82, 2.24) is 4.98 Å². The number of thiazole rings is 1. The van der Waals surface area contributed by atoms with Crippen molar-refractivity contribution in [3.63, 3.8) is 0 Å². The summed E-state index contributed by atoms with van der Waals surface area (Å²) in [5.41, 5.74) is 0.590. The molecule has 0 N–H and O–H groups in total. The fourth-order valence-electron chi connectivity index (χ4n) is 0.773. The molecule has 0 bridgehead atoms. The Labute approximate surface area is 82.2 Å². The number of halogens is 3. The van der Waals surface area contributed by atoms with E-state index in [1.807, 2.05) is 0 Å². The molecule has 0 saturated heterocycles. The average molecular weight is 224 g/mol. The molecule has 0 aliphatic rings. The summed E-state index contributed by atoms with van der Waals surface area (Å²) < 4.78 is 35.9. The van der Waals surface area contributed by atoms with Gasteiger partial charge in [-0.1, -0.05) is 0 Å². The summed E-state index contributed by atoms with van der Waals surface area (Å²) >= 11 is 0.996. The quantitative estimate of drug-likeness (QED) is 0.730. The van der Waals surface area contributed by atoms with Crippen LogP contribution in [0.25, 0.3) is 0 Å². The fraction of sp³-hybridized carbons (Fsp3) is 0.429. The number of nitrogens with zero attached hydrogens (tertiary/aromatic N) is 2. The lowest BCUT2D eigenvalue weighted by Crippen LogP contribution is -2.38. The van der Waals surface area contributed by atoms with Gasteiger partial charge in [0.2, 0.25) is 0 Å². The predicted molar refractivity (Wildman–Crippen MR) is 46.3 cm³/mol. The van der Waals surface area contributed by atoms with Gasteiger partial charge in [0.15, 0.2) is 5.13 Å². The maximum absolute atomic E-state index is 12.0. The number of carbonyl (C=O) groups is 1. The van der Waals surface area contributed by atoms with Crippen molar-refractivity contribution in [3.05, 3.63) is 11.1 Å². The van der Waals surface area contributed by atoms with Crippen LogP contribution in [0.15, 0.2) is 5.38 Å². The van der Waals surface area contributed by atoms with Gasteiger partial charge in [-0.05, 0) is 6.92 Å². The van der Waals surface area contributed by atoms with Gasteiger partial charge >= 0.3 is 12.1 Å². The van der Waals surface area contributed by atoms with Crippen LogP contribution >= 0.6 is 11.3 Å². The van der Waals surface area contributed by atoms with E-state index >= 15 is 0 Å². The molecular weight excluding hydrogens is 217 g/mol. The number of carbonyl (C=O) groups excluding carboxylic acids is 1. The zero-order valence-electron chi connectivity index (χ0n) is 7.42. The Morgan fingerprint density at radius 1 is 1.57 bits per heavy atom. The van der Waals surface area contributed by atoms with Crippen molar-refractivity contribution < 1.29 is 18.0 Å². The molecule has 0 atom stereocenters. The van der Waals surface area contributed by atoms with Crippen molar-refractivity contribution in [3.8, 4) is 0 Å². The molecule has 0 spiro atoms. The lowest BCUT2D eigenvalue weighted by atomic mass is 10.5. The minimum absolute atomic E-state index is 0.0461. The molecule has 0 aliphatic heterocycles. The van der Waals surface area contributed by atoms with Crippen molar-refractivity contribution in [1.29, 1.82) is 0 Å². The molecule has 1 amide bonds. The van der Waals surface area contributed by atoms with E-state index in [0.717, 1.165) is 18.4 Å². The van der Waals surface area contributed by atoms with Crippen LogP contribution in [0.5, 0.6) is 0 Å². The lowest BCUT2D eigenvalue weighted by Gasteiger charge is -2.15. The number of amides is 1. The minimum Gasteiger partial charge on any atom is -0.283 e. The Hall–Kier alpha value is -1.11. The standard InChI is InChI=1S/C7H7F3N2OS/c1-4-3-14-6(11-4)12(2)5(13)7(8,9)10/h3H,1-2H3. The van der Waals surface area contributed by atoms with Gasteiger partial charge in [-0.3, -0.25) is 9.69 Å². The summed E-state index contributed by atoms with van der Waals surface area (Å²) in [5, 5.41) is 1.62. The average Bonchev–Trinajstić information content (AvgIpc) is 2.47. The Morgan fingerprint density at radius 3 is 2.50 bits per heavy atom. The zero-order valence-corrected chi connectivity index (χ0v) is 8.24. The maximum atomic E-state index is 12.0. The summed E-state index contributed by atoms with van der Waals surface area (Å²) in [5.74, 6) is -1.91. The Morgan fingerprint density at radius 2 is 2.14 bits per heavy atom. The van der Waals surface area contributed by atoms with Crippen LogP contribution in [0.2, 0.25) is 0 Å². The molecule has 0 aromatic carbocycles. The molecule has 0 unspecified atom stereocenters. The van der Waals surface area contributed by atoms with E-state index in [1.165, 1.54) is 0 Å². The molecule has 0 saturated carbocycles. The predicted octanol–water partition coefficient (Wildman–Crippen LogP) is 1.98. The van der Waals surface area contributed by atoms with E-state index in [9.17, 15) is 18.0 Å². The van der Waals surface area contributed by atoms with Gasteiger partial charge in [-0.2, -0.15) is 13.2 Å². The zero-order chi connectivity index (χ0) is 10.9. The monoisotopic (exact) mass is 224 g/mol. The summed E-state index contributed by atoms with van der Waals surface area (Å²) in [7, 11) is 1.05. The Bertz CT molecular complexity index is 347.